The highest BCUT2D eigenvalue weighted by molar-refractivity contribution is 7.18. The lowest BCUT2D eigenvalue weighted by Gasteiger charge is -2.29. The first-order chi connectivity index (χ1) is 15.1. The van der Waals surface area contributed by atoms with E-state index < -0.39 is 0 Å². The van der Waals surface area contributed by atoms with E-state index in [4.69, 9.17) is 4.74 Å². The molecule has 31 heavy (non-hydrogen) atoms. The second kappa shape index (κ2) is 7.88. The molecule has 9 heteroatoms. The number of carbonyl (C=O) groups is 2. The molecule has 0 N–H and O–H groups in total. The number of fused-ring (bicyclic) bond motifs is 4. The third-order valence-corrected chi connectivity index (χ3v) is 6.99. The number of ketones is 1. The van der Waals surface area contributed by atoms with Crippen LogP contribution in [0.1, 0.15) is 47.0 Å². The van der Waals surface area contributed by atoms with Crippen molar-refractivity contribution in [3.8, 4) is 5.75 Å². The van der Waals surface area contributed by atoms with Crippen molar-refractivity contribution in [1.82, 2.24) is 15.0 Å². The topological polar surface area (TPSA) is 94.4 Å². The minimum Gasteiger partial charge on any atom is -0.482 e. The van der Waals surface area contributed by atoms with Crippen LogP contribution in [-0.4, -0.2) is 39.8 Å². The van der Waals surface area contributed by atoms with Crippen molar-refractivity contribution in [3.05, 3.63) is 44.6 Å². The summed E-state index contributed by atoms with van der Waals surface area (Å²) < 4.78 is 6.65. The summed E-state index contributed by atoms with van der Waals surface area (Å²) in [5, 5.41) is 8.84. The third kappa shape index (κ3) is 3.42. The molecule has 1 aliphatic heterocycles. The van der Waals surface area contributed by atoms with Crippen LogP contribution in [0, 0.1) is 0 Å². The fraction of sp³-hybridized carbons (Fsp3) is 0.409. The summed E-state index contributed by atoms with van der Waals surface area (Å²) in [5.41, 5.74) is 1.80. The van der Waals surface area contributed by atoms with Gasteiger partial charge in [0.05, 0.1) is 11.1 Å². The highest BCUT2D eigenvalue weighted by Crippen LogP contribution is 2.34. The number of carbonyl (C=O) groups excluding carboxylic acids is 2. The van der Waals surface area contributed by atoms with Crippen LogP contribution >= 0.6 is 11.3 Å². The van der Waals surface area contributed by atoms with Gasteiger partial charge in [-0.05, 0) is 55.9 Å². The molecule has 1 aliphatic carbocycles. The van der Waals surface area contributed by atoms with Gasteiger partial charge in [0.2, 0.25) is 0 Å². The van der Waals surface area contributed by atoms with Crippen LogP contribution in [0.25, 0.3) is 10.2 Å². The van der Waals surface area contributed by atoms with E-state index in [0.29, 0.717) is 33.8 Å². The number of aromatic nitrogens is 3. The SMILES string of the molecule is CCCN1C(=O)COc2ccc(C(=O)Cn3nnc4sc5c(c4c3=O)CCCC5)cc21. The molecule has 1 amide bonds. The Kier molecular flexibility index (Phi) is 5.05. The lowest BCUT2D eigenvalue weighted by atomic mass is 9.97. The first kappa shape index (κ1) is 19.9. The maximum absolute atomic E-state index is 13.1. The largest absolute Gasteiger partial charge is 0.482 e. The standard InChI is InChI=1S/C22H22N4O4S/c1-2-9-25-15-10-13(7-8-17(15)30-12-19(25)28)16(27)11-26-22(29)20-14-5-3-4-6-18(14)31-21(20)23-24-26/h7-8,10H,2-6,9,11-12H2,1H3. The highest BCUT2D eigenvalue weighted by Gasteiger charge is 2.26. The average molecular weight is 439 g/mol. The van der Waals surface area contributed by atoms with Crippen LogP contribution in [0.4, 0.5) is 5.69 Å². The van der Waals surface area contributed by atoms with Gasteiger partial charge in [0.15, 0.2) is 17.2 Å². The Morgan fingerprint density at radius 3 is 2.90 bits per heavy atom. The number of nitrogens with zero attached hydrogens (tertiary/aromatic N) is 4. The van der Waals surface area contributed by atoms with Crippen molar-refractivity contribution in [2.24, 2.45) is 0 Å². The van der Waals surface area contributed by atoms with Crippen LogP contribution in [0.3, 0.4) is 0 Å². The Morgan fingerprint density at radius 1 is 1.23 bits per heavy atom. The van der Waals surface area contributed by atoms with Crippen molar-refractivity contribution >= 4 is 38.9 Å². The number of Topliss-reactive ketones (excluding diaryl/α,β-unsaturated/α-hetero) is 1. The molecule has 3 aromatic rings. The van der Waals surface area contributed by atoms with Crippen molar-refractivity contribution in [1.29, 1.82) is 0 Å². The van der Waals surface area contributed by atoms with E-state index in [1.165, 1.54) is 16.2 Å². The van der Waals surface area contributed by atoms with Gasteiger partial charge < -0.3 is 9.64 Å². The minimum atomic E-state index is -0.267. The second-order valence-corrected chi connectivity index (χ2v) is 8.97. The van der Waals surface area contributed by atoms with Gasteiger partial charge in [-0.1, -0.05) is 12.1 Å². The van der Waals surface area contributed by atoms with E-state index in [2.05, 4.69) is 10.3 Å². The van der Waals surface area contributed by atoms with Gasteiger partial charge in [-0.15, -0.1) is 16.4 Å². The number of rotatable bonds is 5. The Labute approximate surface area is 182 Å². The van der Waals surface area contributed by atoms with Gasteiger partial charge in [0.1, 0.15) is 12.3 Å². The maximum Gasteiger partial charge on any atom is 0.279 e. The van der Waals surface area contributed by atoms with Crippen molar-refractivity contribution in [3.63, 3.8) is 0 Å². The molecule has 0 radical (unpaired) electrons. The Hall–Kier alpha value is -3.07. The summed E-state index contributed by atoms with van der Waals surface area (Å²) in [7, 11) is 0. The van der Waals surface area contributed by atoms with Gasteiger partial charge in [0, 0.05) is 17.0 Å². The molecule has 0 spiro atoms. The number of hydrogen-bond donors (Lipinski definition) is 0. The van der Waals surface area contributed by atoms with E-state index in [-0.39, 0.29) is 30.4 Å². The number of benzene rings is 1. The zero-order valence-corrected chi connectivity index (χ0v) is 18.0. The van der Waals surface area contributed by atoms with Crippen molar-refractivity contribution < 1.29 is 14.3 Å². The minimum absolute atomic E-state index is 0.00372. The van der Waals surface area contributed by atoms with Gasteiger partial charge in [0.25, 0.3) is 11.5 Å². The number of ether oxygens (including phenoxy) is 1. The molecule has 8 nitrogen and oxygen atoms in total. The number of hydrogen-bond acceptors (Lipinski definition) is 7. The van der Waals surface area contributed by atoms with Gasteiger partial charge in [-0.2, -0.15) is 0 Å². The number of amides is 1. The van der Waals surface area contributed by atoms with Crippen molar-refractivity contribution in [2.75, 3.05) is 18.1 Å². The molecule has 0 saturated carbocycles. The molecule has 0 fully saturated rings. The molecule has 3 heterocycles. The quantitative estimate of drug-likeness (QED) is 0.569. The Morgan fingerprint density at radius 2 is 2.06 bits per heavy atom. The lowest BCUT2D eigenvalue weighted by Crippen LogP contribution is -2.39. The molecule has 0 unspecified atom stereocenters. The molecule has 2 aliphatic rings. The third-order valence-electron chi connectivity index (χ3n) is 5.81. The fourth-order valence-corrected chi connectivity index (χ4v) is 5.48. The number of anilines is 1. The molecule has 1 aromatic carbocycles. The molecule has 0 atom stereocenters. The molecule has 0 bridgehead atoms. The van der Waals surface area contributed by atoms with Crippen LogP contribution in [0.15, 0.2) is 23.0 Å². The summed E-state index contributed by atoms with van der Waals surface area (Å²) in [6.45, 7) is 2.34. The predicted molar refractivity (Wildman–Crippen MR) is 117 cm³/mol. The van der Waals surface area contributed by atoms with Crippen LogP contribution < -0.4 is 15.2 Å². The van der Waals surface area contributed by atoms with Crippen LogP contribution in [-0.2, 0) is 24.2 Å². The van der Waals surface area contributed by atoms with E-state index in [1.54, 1.807) is 23.1 Å². The number of aryl methyl sites for hydroxylation is 2. The summed E-state index contributed by atoms with van der Waals surface area (Å²) in [6.07, 6.45) is 4.82. The van der Waals surface area contributed by atoms with Crippen LogP contribution in [0.5, 0.6) is 5.75 Å². The highest BCUT2D eigenvalue weighted by atomic mass is 32.1. The first-order valence-corrected chi connectivity index (χ1v) is 11.4. The zero-order chi connectivity index (χ0) is 21.5. The average Bonchev–Trinajstić information content (AvgIpc) is 3.16. The van der Waals surface area contributed by atoms with Crippen molar-refractivity contribution in [2.45, 2.75) is 45.6 Å². The van der Waals surface area contributed by atoms with Gasteiger partial charge >= 0.3 is 0 Å². The molecular weight excluding hydrogens is 416 g/mol. The normalized spacial score (nSPS) is 15.5. The summed E-state index contributed by atoms with van der Waals surface area (Å²) in [4.78, 5) is 41.8. The van der Waals surface area contributed by atoms with E-state index in [1.807, 2.05) is 6.92 Å². The van der Waals surface area contributed by atoms with Crippen LogP contribution in [0.2, 0.25) is 0 Å². The molecule has 5 rings (SSSR count). The molecule has 0 saturated heterocycles. The Bertz CT molecular complexity index is 1260. The van der Waals surface area contributed by atoms with Gasteiger partial charge in [-0.3, -0.25) is 14.4 Å². The number of thiophene rings is 1. The fourth-order valence-electron chi connectivity index (χ4n) is 4.28. The lowest BCUT2D eigenvalue weighted by molar-refractivity contribution is -0.121. The van der Waals surface area contributed by atoms with E-state index >= 15 is 0 Å². The second-order valence-electron chi connectivity index (χ2n) is 7.88. The molecular formula is C22H22N4O4S. The zero-order valence-electron chi connectivity index (χ0n) is 17.2. The summed E-state index contributed by atoms with van der Waals surface area (Å²) in [6, 6.07) is 5.02. The monoisotopic (exact) mass is 438 g/mol. The summed E-state index contributed by atoms with van der Waals surface area (Å²) in [5.74, 6) is 0.179. The summed E-state index contributed by atoms with van der Waals surface area (Å²) >= 11 is 1.54. The predicted octanol–water partition coefficient (Wildman–Crippen LogP) is 2.75. The van der Waals surface area contributed by atoms with E-state index in [9.17, 15) is 14.4 Å². The Balaban J connectivity index is 1.47. The molecule has 160 valence electrons. The first-order valence-electron chi connectivity index (χ1n) is 10.5. The molecule has 2 aromatic heterocycles. The maximum atomic E-state index is 13.1. The smallest absolute Gasteiger partial charge is 0.279 e. The van der Waals surface area contributed by atoms with E-state index in [0.717, 1.165) is 42.3 Å². The van der Waals surface area contributed by atoms with Gasteiger partial charge in [-0.25, -0.2) is 4.68 Å².